The SMILES string of the molecule is CCCCCCCCCC/C=C\CCCCCCCCCCCCCC(=O)OC(COC(=O)CCCCCCCCCCCCCCCCCCCCCCCC)COC1OC(COC2OC(CO)C(O)C(O)C2O)C(O)C(O)C1O. The number of carbonyl (C=O) groups is 2. The Labute approximate surface area is 492 Å². The van der Waals surface area contributed by atoms with Crippen molar-refractivity contribution in [3.8, 4) is 0 Å². The third-order valence-corrected chi connectivity index (χ3v) is 16.5. The molecule has 0 aromatic carbocycles. The van der Waals surface area contributed by atoms with Crippen molar-refractivity contribution in [1.82, 2.24) is 0 Å². The maximum atomic E-state index is 13.1. The summed E-state index contributed by atoms with van der Waals surface area (Å²) < 4.78 is 33.8. The molecule has 0 spiro atoms. The largest absolute Gasteiger partial charge is 0.462 e. The maximum Gasteiger partial charge on any atom is 0.306 e. The molecule has 0 aromatic rings. The molecule has 2 aliphatic rings. The van der Waals surface area contributed by atoms with E-state index in [2.05, 4.69) is 26.0 Å². The Kier molecular flexibility index (Phi) is 48.9. The van der Waals surface area contributed by atoms with Crippen molar-refractivity contribution >= 4 is 11.9 Å². The van der Waals surface area contributed by atoms with E-state index in [1.54, 1.807) is 0 Å². The van der Waals surface area contributed by atoms with Gasteiger partial charge in [-0.3, -0.25) is 9.59 Å². The summed E-state index contributed by atoms with van der Waals surface area (Å²) in [4.78, 5) is 26.0. The number of aliphatic hydroxyl groups is 7. The van der Waals surface area contributed by atoms with Crippen LogP contribution in [-0.4, -0.2) is 142 Å². The van der Waals surface area contributed by atoms with Gasteiger partial charge in [0.25, 0.3) is 0 Å². The molecule has 0 aromatic heterocycles. The number of hydrogen-bond donors (Lipinski definition) is 7. The molecule has 2 saturated heterocycles. The molecule has 11 atom stereocenters. The molecule has 2 rings (SSSR count). The van der Waals surface area contributed by atoms with Crippen LogP contribution in [0.1, 0.15) is 303 Å². The van der Waals surface area contributed by atoms with E-state index < -0.39 is 92.7 Å². The van der Waals surface area contributed by atoms with Crippen molar-refractivity contribution in [1.29, 1.82) is 0 Å². The van der Waals surface area contributed by atoms with Gasteiger partial charge in [0.2, 0.25) is 0 Å². The molecule has 7 N–H and O–H groups in total. The highest BCUT2D eigenvalue weighted by Gasteiger charge is 2.47. The zero-order valence-corrected chi connectivity index (χ0v) is 51.6. The van der Waals surface area contributed by atoms with Crippen LogP contribution in [0.2, 0.25) is 0 Å². The smallest absolute Gasteiger partial charge is 0.306 e. The quantitative estimate of drug-likeness (QED) is 0.0171. The van der Waals surface area contributed by atoms with Crippen molar-refractivity contribution < 1.29 is 73.8 Å². The predicted octanol–water partition coefficient (Wildman–Crippen LogP) is 13.2. The number of rotatable bonds is 56. The lowest BCUT2D eigenvalue weighted by molar-refractivity contribution is -0.332. The molecule has 11 unspecified atom stereocenters. The van der Waals surface area contributed by atoms with E-state index in [4.69, 9.17) is 28.4 Å². The zero-order chi connectivity index (χ0) is 58.8. The van der Waals surface area contributed by atoms with Crippen LogP contribution in [0.4, 0.5) is 0 Å². The third kappa shape index (κ3) is 38.8. The fourth-order valence-corrected chi connectivity index (χ4v) is 11.0. The summed E-state index contributed by atoms with van der Waals surface area (Å²) in [6.45, 7) is 2.68. The molecule has 0 saturated carbocycles. The summed E-state index contributed by atoms with van der Waals surface area (Å²) in [7, 11) is 0. The first-order valence-corrected chi connectivity index (χ1v) is 33.8. The first kappa shape index (κ1) is 75.3. The Morgan fingerprint density at radius 3 is 1.09 bits per heavy atom. The zero-order valence-electron chi connectivity index (χ0n) is 51.6. The van der Waals surface area contributed by atoms with Crippen molar-refractivity contribution in [2.75, 3.05) is 26.4 Å². The molecule has 81 heavy (non-hydrogen) atoms. The Morgan fingerprint density at radius 1 is 0.383 bits per heavy atom. The number of hydrogen-bond acceptors (Lipinski definition) is 15. The first-order valence-electron chi connectivity index (χ1n) is 33.8. The molecule has 478 valence electrons. The van der Waals surface area contributed by atoms with Gasteiger partial charge in [0.1, 0.15) is 55.4 Å². The van der Waals surface area contributed by atoms with Crippen LogP contribution in [0.15, 0.2) is 12.2 Å². The second-order valence-electron chi connectivity index (χ2n) is 24.0. The molecule has 0 aliphatic carbocycles. The van der Waals surface area contributed by atoms with Crippen LogP contribution in [0.25, 0.3) is 0 Å². The Morgan fingerprint density at radius 2 is 0.704 bits per heavy atom. The van der Waals surface area contributed by atoms with Gasteiger partial charge in [-0.25, -0.2) is 0 Å². The van der Waals surface area contributed by atoms with Gasteiger partial charge < -0.3 is 64.2 Å². The van der Waals surface area contributed by atoms with Crippen molar-refractivity contribution in [3.63, 3.8) is 0 Å². The fraction of sp³-hybridized carbons (Fsp3) is 0.939. The Bertz CT molecular complexity index is 1450. The summed E-state index contributed by atoms with van der Waals surface area (Å²) in [5, 5.41) is 72.5. The lowest BCUT2D eigenvalue weighted by atomic mass is 9.98. The topological polar surface area (TPSA) is 231 Å². The van der Waals surface area contributed by atoms with Gasteiger partial charge in [-0.05, 0) is 38.5 Å². The van der Waals surface area contributed by atoms with E-state index in [1.807, 2.05) is 0 Å². The van der Waals surface area contributed by atoms with Crippen LogP contribution in [0.3, 0.4) is 0 Å². The summed E-state index contributed by atoms with van der Waals surface area (Å²) >= 11 is 0. The minimum absolute atomic E-state index is 0.170. The number of allylic oxidation sites excluding steroid dienone is 2. The molecule has 2 aliphatic heterocycles. The van der Waals surface area contributed by atoms with Gasteiger partial charge in [0.05, 0.1) is 19.8 Å². The van der Waals surface area contributed by atoms with E-state index in [0.717, 1.165) is 38.5 Å². The fourth-order valence-electron chi connectivity index (χ4n) is 11.0. The van der Waals surface area contributed by atoms with Crippen LogP contribution < -0.4 is 0 Å². The normalized spacial score (nSPS) is 23.6. The Balaban J connectivity index is 1.68. The van der Waals surface area contributed by atoms with Crippen LogP contribution in [0, 0.1) is 0 Å². The maximum absolute atomic E-state index is 13.1. The summed E-state index contributed by atoms with van der Waals surface area (Å²) in [5.41, 5.74) is 0. The molecule has 2 heterocycles. The van der Waals surface area contributed by atoms with E-state index in [1.165, 1.54) is 225 Å². The minimum Gasteiger partial charge on any atom is -0.462 e. The average Bonchev–Trinajstić information content (AvgIpc) is 3.47. The van der Waals surface area contributed by atoms with Gasteiger partial charge in [0.15, 0.2) is 18.7 Å². The molecule has 0 amide bonds. The molecule has 0 bridgehead atoms. The number of carbonyl (C=O) groups excluding carboxylic acids is 2. The van der Waals surface area contributed by atoms with Gasteiger partial charge in [0, 0.05) is 12.8 Å². The molecule has 0 radical (unpaired) electrons. The number of unbranched alkanes of at least 4 members (excludes halogenated alkanes) is 40. The summed E-state index contributed by atoms with van der Waals surface area (Å²) in [6, 6.07) is 0. The lowest BCUT2D eigenvalue weighted by Crippen LogP contribution is -2.61. The second-order valence-corrected chi connectivity index (χ2v) is 24.0. The van der Waals surface area contributed by atoms with Crippen LogP contribution in [-0.2, 0) is 38.0 Å². The number of ether oxygens (including phenoxy) is 6. The minimum atomic E-state index is -1.76. The van der Waals surface area contributed by atoms with E-state index in [9.17, 15) is 45.3 Å². The lowest BCUT2D eigenvalue weighted by Gasteiger charge is -2.42. The number of aliphatic hydroxyl groups excluding tert-OH is 7. The standard InChI is InChI=1S/C66H124O15/c1-3-5-7-9-11-13-15-17-19-21-23-25-27-29-31-33-35-37-39-41-43-45-47-49-58(69)79-54(52-77-65-64(75)62(73)60(71)56(81-65)53-78-66-63(74)61(72)59(70)55(50-67)80-66)51-76-57(68)48-46-44-42-40-38-36-34-32-30-28-26-24-22-20-18-16-14-12-10-8-6-4-2/h21,23,54-56,59-67,70-75H,3-20,22,24-53H2,1-2H3/b23-21-. The first-order chi connectivity index (χ1) is 39.5. The van der Waals surface area contributed by atoms with E-state index in [-0.39, 0.29) is 26.1 Å². The highest BCUT2D eigenvalue weighted by molar-refractivity contribution is 5.70. The number of esters is 2. The van der Waals surface area contributed by atoms with Gasteiger partial charge >= 0.3 is 11.9 Å². The summed E-state index contributed by atoms with van der Waals surface area (Å²) in [6.07, 6.45) is 42.4. The van der Waals surface area contributed by atoms with E-state index in [0.29, 0.717) is 12.8 Å². The second kappa shape index (κ2) is 52.6. The van der Waals surface area contributed by atoms with Crippen molar-refractivity contribution in [3.05, 3.63) is 12.2 Å². The monoisotopic (exact) mass is 1160 g/mol. The van der Waals surface area contributed by atoms with Crippen molar-refractivity contribution in [2.45, 2.75) is 370 Å². The highest BCUT2D eigenvalue weighted by atomic mass is 16.7. The molecule has 15 nitrogen and oxygen atoms in total. The third-order valence-electron chi connectivity index (χ3n) is 16.5. The van der Waals surface area contributed by atoms with Crippen LogP contribution >= 0.6 is 0 Å². The summed E-state index contributed by atoms with van der Waals surface area (Å²) in [5.74, 6) is -0.904. The molecular formula is C66H124O15. The Hall–Kier alpha value is -1.76. The van der Waals surface area contributed by atoms with Gasteiger partial charge in [-0.2, -0.15) is 0 Å². The van der Waals surface area contributed by atoms with Crippen LogP contribution in [0.5, 0.6) is 0 Å². The molecular weight excluding hydrogens is 1030 g/mol. The van der Waals surface area contributed by atoms with Gasteiger partial charge in [-0.15, -0.1) is 0 Å². The molecule has 15 heteroatoms. The molecule has 2 fully saturated rings. The predicted molar refractivity (Wildman–Crippen MR) is 321 cm³/mol. The average molecular weight is 1160 g/mol. The van der Waals surface area contributed by atoms with E-state index >= 15 is 0 Å². The highest BCUT2D eigenvalue weighted by Crippen LogP contribution is 2.27. The van der Waals surface area contributed by atoms with Crippen molar-refractivity contribution in [2.24, 2.45) is 0 Å². The van der Waals surface area contributed by atoms with Gasteiger partial charge in [-0.1, -0.05) is 264 Å².